The van der Waals surface area contributed by atoms with E-state index in [0.29, 0.717) is 31.4 Å². The first-order chi connectivity index (χ1) is 24.0. The van der Waals surface area contributed by atoms with E-state index in [4.69, 9.17) is 9.47 Å². The second kappa shape index (κ2) is 15.7. The third-order valence-corrected chi connectivity index (χ3v) is 10.3. The molecule has 5 rings (SSSR count). The van der Waals surface area contributed by atoms with Gasteiger partial charge in [-0.05, 0) is 68.2 Å². The SMILES string of the molecule is C=CCCC(=O)OC[C@H](NC(=O)[C@@H]1[C@@H]2CC[C@]3(O2)[C@H](C(=O)N(CC=C)c2cc(C)ccc2C)N([C@@H](CO)CC(C)C)C(=O)[C@@H]13)c1ccccc1. The molecule has 0 aromatic heterocycles. The number of aryl methyl sites for hydroxylation is 2. The summed E-state index contributed by atoms with van der Waals surface area (Å²) in [6.45, 7) is 15.2. The van der Waals surface area contributed by atoms with Gasteiger partial charge in [-0.3, -0.25) is 19.2 Å². The van der Waals surface area contributed by atoms with Crippen molar-refractivity contribution in [1.29, 1.82) is 0 Å². The standard InChI is InChI=1S/C40H51N3O7/c1-7-9-15-33(45)49-24-30(28-13-11-10-12-14-28)41-37(46)34-32-18-19-40(50-32)35(34)38(47)43(29(23-44)21-25(3)4)36(40)39(48)42(20-8-2)31-22-26(5)16-17-27(31)6/h7-8,10-14,16-17,22,25,29-30,32,34-36,44H,1-2,9,15,18-21,23-24H2,3-6H3,(H,41,46)/t29-,30+,32+,34-,35-,36+,40-/m1/s1. The normalized spacial score (nSPS) is 24.8. The van der Waals surface area contributed by atoms with E-state index in [1.54, 1.807) is 17.1 Å². The van der Waals surface area contributed by atoms with Gasteiger partial charge in [-0.15, -0.1) is 13.2 Å². The lowest BCUT2D eigenvalue weighted by Gasteiger charge is -2.40. The number of allylic oxidation sites excluding steroid dienone is 1. The second-order valence-corrected chi connectivity index (χ2v) is 14.3. The highest BCUT2D eigenvalue weighted by Crippen LogP contribution is 2.59. The lowest BCUT2D eigenvalue weighted by Crippen LogP contribution is -2.59. The Morgan fingerprint density at radius 1 is 1.14 bits per heavy atom. The summed E-state index contributed by atoms with van der Waals surface area (Å²) in [4.78, 5) is 59.8. The van der Waals surface area contributed by atoms with Gasteiger partial charge >= 0.3 is 5.97 Å². The Morgan fingerprint density at radius 2 is 1.88 bits per heavy atom. The number of likely N-dealkylation sites (tertiary alicyclic amines) is 1. The fourth-order valence-corrected chi connectivity index (χ4v) is 8.12. The number of esters is 1. The van der Waals surface area contributed by atoms with E-state index in [1.807, 2.05) is 76.2 Å². The molecular weight excluding hydrogens is 634 g/mol. The molecule has 268 valence electrons. The zero-order valence-corrected chi connectivity index (χ0v) is 29.7. The number of fused-ring (bicyclic) bond motifs is 1. The summed E-state index contributed by atoms with van der Waals surface area (Å²) < 4.78 is 12.3. The van der Waals surface area contributed by atoms with Crippen LogP contribution >= 0.6 is 0 Å². The first-order valence-electron chi connectivity index (χ1n) is 17.7. The van der Waals surface area contributed by atoms with Gasteiger partial charge in [0.2, 0.25) is 11.8 Å². The van der Waals surface area contributed by atoms with E-state index in [1.165, 1.54) is 4.90 Å². The van der Waals surface area contributed by atoms with Crippen molar-refractivity contribution in [1.82, 2.24) is 10.2 Å². The number of carbonyl (C=O) groups is 4. The van der Waals surface area contributed by atoms with E-state index < -0.39 is 53.5 Å². The highest BCUT2D eigenvalue weighted by Gasteiger charge is 2.75. The summed E-state index contributed by atoms with van der Waals surface area (Å²) in [5.74, 6) is -3.20. The molecule has 50 heavy (non-hydrogen) atoms. The molecule has 0 unspecified atom stereocenters. The molecule has 0 saturated carbocycles. The minimum Gasteiger partial charge on any atom is -0.463 e. The second-order valence-electron chi connectivity index (χ2n) is 14.3. The molecule has 2 bridgehead atoms. The molecule has 2 aromatic carbocycles. The minimum atomic E-state index is -1.26. The van der Waals surface area contributed by atoms with Crippen molar-refractivity contribution >= 4 is 29.4 Å². The Hall–Kier alpha value is -4.28. The third kappa shape index (κ3) is 7.14. The number of nitrogens with one attached hydrogen (secondary N) is 1. The summed E-state index contributed by atoms with van der Waals surface area (Å²) in [5.41, 5.74) is 2.06. The van der Waals surface area contributed by atoms with E-state index in [0.717, 1.165) is 16.7 Å². The predicted molar refractivity (Wildman–Crippen MR) is 191 cm³/mol. The highest BCUT2D eigenvalue weighted by atomic mass is 16.5. The van der Waals surface area contributed by atoms with Crippen LogP contribution in [0.15, 0.2) is 73.8 Å². The Balaban J connectivity index is 1.52. The number of hydrogen-bond acceptors (Lipinski definition) is 7. The topological polar surface area (TPSA) is 125 Å². The van der Waals surface area contributed by atoms with E-state index >= 15 is 4.79 Å². The van der Waals surface area contributed by atoms with E-state index in [-0.39, 0.29) is 43.9 Å². The molecular formula is C40H51N3O7. The fraction of sp³-hybridized carbons (Fsp3) is 0.500. The van der Waals surface area contributed by atoms with Crippen LogP contribution in [-0.2, 0) is 28.7 Å². The van der Waals surface area contributed by atoms with Crippen LogP contribution in [0.3, 0.4) is 0 Å². The fourth-order valence-electron chi connectivity index (χ4n) is 8.12. The quantitative estimate of drug-likeness (QED) is 0.189. The van der Waals surface area contributed by atoms with Crippen molar-refractivity contribution in [3.63, 3.8) is 0 Å². The van der Waals surface area contributed by atoms with E-state index in [9.17, 15) is 19.5 Å². The lowest BCUT2D eigenvalue weighted by molar-refractivity contribution is -0.146. The Morgan fingerprint density at radius 3 is 2.54 bits per heavy atom. The molecule has 2 aromatic rings. The number of carbonyl (C=O) groups excluding carboxylic acids is 4. The largest absolute Gasteiger partial charge is 0.463 e. The molecule has 3 aliphatic heterocycles. The first-order valence-corrected chi connectivity index (χ1v) is 17.7. The smallest absolute Gasteiger partial charge is 0.306 e. The minimum absolute atomic E-state index is 0.0890. The zero-order chi connectivity index (χ0) is 36.2. The molecule has 1 spiro atoms. The van der Waals surface area contributed by atoms with Gasteiger partial charge in [-0.1, -0.05) is 68.5 Å². The number of ether oxygens (including phenoxy) is 2. The van der Waals surface area contributed by atoms with Crippen molar-refractivity contribution in [2.75, 3.05) is 24.7 Å². The Bertz CT molecular complexity index is 1590. The maximum absolute atomic E-state index is 15.0. The molecule has 3 fully saturated rings. The van der Waals surface area contributed by atoms with Crippen LogP contribution in [0.5, 0.6) is 0 Å². The third-order valence-electron chi connectivity index (χ3n) is 10.3. The maximum atomic E-state index is 15.0. The number of nitrogens with zero attached hydrogens (tertiary/aromatic N) is 2. The van der Waals surface area contributed by atoms with Gasteiger partial charge in [0.25, 0.3) is 5.91 Å². The number of anilines is 1. The molecule has 3 saturated heterocycles. The van der Waals surface area contributed by atoms with Gasteiger partial charge in [0.05, 0.1) is 36.6 Å². The molecule has 3 aliphatic rings. The zero-order valence-electron chi connectivity index (χ0n) is 29.7. The first kappa shape index (κ1) is 37.0. The van der Waals surface area contributed by atoms with Crippen LogP contribution in [0.4, 0.5) is 5.69 Å². The van der Waals surface area contributed by atoms with Crippen molar-refractivity contribution in [2.45, 2.75) is 89.6 Å². The summed E-state index contributed by atoms with van der Waals surface area (Å²) in [6, 6.07) is 12.7. The van der Waals surface area contributed by atoms with Gasteiger partial charge < -0.3 is 29.7 Å². The van der Waals surface area contributed by atoms with Gasteiger partial charge in [0.15, 0.2) is 0 Å². The molecule has 0 radical (unpaired) electrons. The van der Waals surface area contributed by atoms with Crippen molar-refractivity contribution in [3.8, 4) is 0 Å². The van der Waals surface area contributed by atoms with Crippen LogP contribution in [0.25, 0.3) is 0 Å². The van der Waals surface area contributed by atoms with Crippen LogP contribution in [0.2, 0.25) is 0 Å². The molecule has 0 aliphatic carbocycles. The van der Waals surface area contributed by atoms with Gasteiger partial charge in [-0.2, -0.15) is 0 Å². The molecule has 7 atom stereocenters. The summed E-state index contributed by atoms with van der Waals surface area (Å²) in [5, 5.41) is 13.8. The van der Waals surface area contributed by atoms with Gasteiger partial charge in [0, 0.05) is 18.7 Å². The summed E-state index contributed by atoms with van der Waals surface area (Å²) in [7, 11) is 0. The number of rotatable bonds is 16. The molecule has 3 heterocycles. The number of aliphatic hydroxyl groups excluding tert-OH is 1. The number of amides is 3. The molecule has 10 heteroatoms. The maximum Gasteiger partial charge on any atom is 0.306 e. The predicted octanol–water partition coefficient (Wildman–Crippen LogP) is 4.97. The van der Waals surface area contributed by atoms with Crippen LogP contribution in [0.1, 0.15) is 68.7 Å². The Kier molecular flexibility index (Phi) is 11.6. The van der Waals surface area contributed by atoms with Crippen LogP contribution in [-0.4, -0.2) is 77.2 Å². The summed E-state index contributed by atoms with van der Waals surface area (Å²) in [6.07, 6.45) is 4.74. The molecule has 2 N–H and O–H groups in total. The monoisotopic (exact) mass is 685 g/mol. The van der Waals surface area contributed by atoms with Crippen molar-refractivity contribution in [2.24, 2.45) is 17.8 Å². The summed E-state index contributed by atoms with van der Waals surface area (Å²) >= 11 is 0. The molecule has 3 amide bonds. The number of hydrogen-bond donors (Lipinski definition) is 2. The van der Waals surface area contributed by atoms with Crippen LogP contribution < -0.4 is 10.2 Å². The highest BCUT2D eigenvalue weighted by molar-refractivity contribution is 6.05. The number of aliphatic hydroxyl groups is 1. The van der Waals surface area contributed by atoms with Gasteiger partial charge in [-0.25, -0.2) is 0 Å². The van der Waals surface area contributed by atoms with E-state index in [2.05, 4.69) is 18.5 Å². The average Bonchev–Trinajstić information content (AvgIpc) is 3.75. The number of benzene rings is 2. The van der Waals surface area contributed by atoms with Gasteiger partial charge in [0.1, 0.15) is 18.2 Å². The van der Waals surface area contributed by atoms with Crippen LogP contribution in [0, 0.1) is 31.6 Å². The Labute approximate surface area is 295 Å². The molecule has 10 nitrogen and oxygen atoms in total. The lowest BCUT2D eigenvalue weighted by atomic mass is 9.70. The van der Waals surface area contributed by atoms with Crippen molar-refractivity contribution < 1.29 is 33.8 Å². The van der Waals surface area contributed by atoms with Crippen molar-refractivity contribution in [3.05, 3.63) is 90.5 Å². The average molecular weight is 686 g/mol.